The van der Waals surface area contributed by atoms with Crippen LogP contribution in [0.15, 0.2) is 72.8 Å². The van der Waals surface area contributed by atoms with Crippen LogP contribution in [-0.4, -0.2) is 73.5 Å². The number of likely N-dealkylation sites (N-methyl/N-ethyl adjacent to an activating group) is 1. The predicted molar refractivity (Wildman–Crippen MR) is 153 cm³/mol. The lowest BCUT2D eigenvalue weighted by molar-refractivity contribution is -0.192. The first-order chi connectivity index (χ1) is 20.0. The number of carbonyl (C=O) groups is 2. The van der Waals surface area contributed by atoms with Crippen LogP contribution in [0.2, 0.25) is 0 Å². The average Bonchev–Trinajstić information content (AvgIpc) is 2.96. The summed E-state index contributed by atoms with van der Waals surface area (Å²) < 4.78 is 42.8. The number of phenolic OH excluding ortho intramolecular Hbond substituents is 1. The van der Waals surface area contributed by atoms with Gasteiger partial charge in [0.05, 0.1) is 7.11 Å². The number of nitrogens with zero attached hydrogens (tertiary/aromatic N) is 2. The molecule has 12 heteroatoms. The van der Waals surface area contributed by atoms with Gasteiger partial charge < -0.3 is 34.8 Å². The van der Waals surface area contributed by atoms with Crippen LogP contribution in [0.25, 0.3) is 6.08 Å². The summed E-state index contributed by atoms with van der Waals surface area (Å²) in [5.41, 5.74) is 3.46. The summed E-state index contributed by atoms with van der Waals surface area (Å²) in [5.74, 6) is -1.84. The minimum Gasteiger partial charge on any atom is -0.504 e. The molecule has 0 unspecified atom stereocenters. The van der Waals surface area contributed by atoms with Gasteiger partial charge in [-0.15, -0.1) is 0 Å². The highest BCUT2D eigenvalue weighted by atomic mass is 19.4. The number of halogens is 3. The molecule has 0 atom stereocenters. The van der Waals surface area contributed by atoms with Gasteiger partial charge >= 0.3 is 12.1 Å². The number of methoxy groups -OCH3 is 1. The summed E-state index contributed by atoms with van der Waals surface area (Å²) >= 11 is 0. The summed E-state index contributed by atoms with van der Waals surface area (Å²) in [6, 6.07) is 20.7. The predicted octanol–water partition coefficient (Wildman–Crippen LogP) is 5.02. The van der Waals surface area contributed by atoms with Gasteiger partial charge in [0.15, 0.2) is 11.5 Å². The molecular weight excluding hydrogens is 555 g/mol. The van der Waals surface area contributed by atoms with Crippen LogP contribution in [-0.2, 0) is 16.2 Å². The molecule has 0 radical (unpaired) electrons. The van der Waals surface area contributed by atoms with Crippen molar-refractivity contribution in [1.29, 1.82) is 0 Å². The largest absolute Gasteiger partial charge is 0.504 e. The SMILES string of the molecule is COc1ccc(/C=C/C(=O)Nc2ccccc2COc2ccc(N3CCN(C)CC3)cc2)cc1O.O=C(O)C(F)(F)F. The number of anilines is 2. The Labute approximate surface area is 241 Å². The van der Waals surface area contributed by atoms with Gasteiger partial charge in [-0.1, -0.05) is 24.3 Å². The third-order valence-electron chi connectivity index (χ3n) is 6.25. The summed E-state index contributed by atoms with van der Waals surface area (Å²) in [4.78, 5) is 26.1. The van der Waals surface area contributed by atoms with Crippen molar-refractivity contribution in [3.8, 4) is 17.2 Å². The molecule has 9 nitrogen and oxygen atoms in total. The fourth-order valence-electron chi connectivity index (χ4n) is 3.90. The Bertz CT molecular complexity index is 1370. The lowest BCUT2D eigenvalue weighted by Crippen LogP contribution is -2.44. The first-order valence-corrected chi connectivity index (χ1v) is 12.9. The lowest BCUT2D eigenvalue weighted by atomic mass is 10.1. The number of carboxylic acid groups (broad SMARTS) is 1. The van der Waals surface area contributed by atoms with Gasteiger partial charge in [-0.3, -0.25) is 4.79 Å². The van der Waals surface area contributed by atoms with Crippen molar-refractivity contribution in [1.82, 2.24) is 4.90 Å². The number of amides is 1. The van der Waals surface area contributed by atoms with E-state index in [0.29, 0.717) is 23.6 Å². The van der Waals surface area contributed by atoms with Crippen LogP contribution in [0, 0.1) is 0 Å². The molecule has 1 saturated heterocycles. The molecular formula is C30H32F3N3O6. The molecule has 3 aromatic carbocycles. The Kier molecular flexibility index (Phi) is 11.2. The van der Waals surface area contributed by atoms with E-state index in [1.165, 1.54) is 18.9 Å². The maximum absolute atomic E-state index is 12.5. The van der Waals surface area contributed by atoms with E-state index in [9.17, 15) is 23.1 Å². The molecule has 0 saturated carbocycles. The topological polar surface area (TPSA) is 112 Å². The third-order valence-corrected chi connectivity index (χ3v) is 6.25. The molecule has 4 rings (SSSR count). The van der Waals surface area contributed by atoms with Crippen molar-refractivity contribution in [3.05, 3.63) is 83.9 Å². The van der Waals surface area contributed by atoms with Gasteiger partial charge in [-0.2, -0.15) is 13.2 Å². The van der Waals surface area contributed by atoms with Gasteiger partial charge in [0.2, 0.25) is 5.91 Å². The first-order valence-electron chi connectivity index (χ1n) is 12.9. The summed E-state index contributed by atoms with van der Waals surface area (Å²) in [6.07, 6.45) is -2.02. The standard InChI is InChI=1S/C28H31N3O4.C2HF3O2/c1-30-15-17-31(18-16-30)23-9-11-24(12-10-23)35-20-22-5-3-4-6-25(22)29-28(33)14-8-21-7-13-27(34-2)26(32)19-21;3-2(4,5)1(6)7/h3-14,19,32H,15-18,20H2,1-2H3,(H,29,33);(H,6,7)/b14-8+;. The maximum atomic E-state index is 12.5. The number of nitrogens with one attached hydrogen (secondary N) is 1. The lowest BCUT2D eigenvalue weighted by Gasteiger charge is -2.34. The molecule has 1 fully saturated rings. The molecule has 1 aliphatic rings. The number of aromatic hydroxyl groups is 1. The smallest absolute Gasteiger partial charge is 0.490 e. The highest BCUT2D eigenvalue weighted by molar-refractivity contribution is 6.02. The normalized spacial score (nSPS) is 13.7. The molecule has 0 aromatic heterocycles. The number of phenols is 1. The van der Waals surface area contributed by atoms with Gasteiger partial charge in [-0.05, 0) is 61.2 Å². The second-order valence-electron chi connectivity index (χ2n) is 9.29. The number of carbonyl (C=O) groups excluding carboxylic acids is 1. The average molecular weight is 588 g/mol. The molecule has 1 aliphatic heterocycles. The number of ether oxygens (including phenoxy) is 2. The number of aliphatic carboxylic acids is 1. The number of piperazine rings is 1. The molecule has 0 bridgehead atoms. The highest BCUT2D eigenvalue weighted by Gasteiger charge is 2.38. The number of para-hydroxylation sites is 1. The Morgan fingerprint density at radius 2 is 1.64 bits per heavy atom. The van der Waals surface area contributed by atoms with E-state index in [0.717, 1.165) is 37.5 Å². The van der Waals surface area contributed by atoms with Crippen LogP contribution >= 0.6 is 0 Å². The van der Waals surface area contributed by atoms with Crippen molar-refractivity contribution >= 4 is 29.3 Å². The second-order valence-corrected chi connectivity index (χ2v) is 9.29. The van der Waals surface area contributed by atoms with Gasteiger partial charge in [0.25, 0.3) is 0 Å². The zero-order valence-electron chi connectivity index (χ0n) is 23.1. The van der Waals surface area contributed by atoms with Crippen LogP contribution in [0.4, 0.5) is 24.5 Å². The molecule has 1 amide bonds. The highest BCUT2D eigenvalue weighted by Crippen LogP contribution is 2.27. The third kappa shape index (κ3) is 9.73. The number of benzene rings is 3. The summed E-state index contributed by atoms with van der Waals surface area (Å²) in [7, 11) is 3.64. The second kappa shape index (κ2) is 14.8. The van der Waals surface area contributed by atoms with Crippen LogP contribution in [0.1, 0.15) is 11.1 Å². The molecule has 1 heterocycles. The van der Waals surface area contributed by atoms with E-state index >= 15 is 0 Å². The minimum absolute atomic E-state index is 0.0223. The van der Waals surface area contributed by atoms with Crippen LogP contribution in [0.5, 0.6) is 17.2 Å². The van der Waals surface area contributed by atoms with Gasteiger partial charge in [-0.25, -0.2) is 4.79 Å². The number of alkyl halides is 3. The van der Waals surface area contributed by atoms with Crippen LogP contribution in [0.3, 0.4) is 0 Å². The Morgan fingerprint density at radius 3 is 2.24 bits per heavy atom. The van der Waals surface area contributed by atoms with E-state index in [1.807, 2.05) is 36.4 Å². The summed E-state index contributed by atoms with van der Waals surface area (Å²) in [5, 5.41) is 19.9. The molecule has 0 spiro atoms. The fourth-order valence-corrected chi connectivity index (χ4v) is 3.90. The number of rotatable bonds is 8. The molecule has 0 aliphatic carbocycles. The molecule has 3 N–H and O–H groups in total. The van der Waals surface area contributed by atoms with Crippen molar-refractivity contribution in [2.75, 3.05) is 50.6 Å². The van der Waals surface area contributed by atoms with Gasteiger partial charge in [0, 0.05) is 49.2 Å². The van der Waals surface area contributed by atoms with E-state index < -0.39 is 12.1 Å². The zero-order valence-corrected chi connectivity index (χ0v) is 23.1. The van der Waals surface area contributed by atoms with Crippen molar-refractivity contribution in [3.63, 3.8) is 0 Å². The van der Waals surface area contributed by atoms with Crippen molar-refractivity contribution in [2.45, 2.75) is 12.8 Å². The molecule has 224 valence electrons. The Morgan fingerprint density at radius 1 is 1.00 bits per heavy atom. The minimum atomic E-state index is -5.08. The fraction of sp³-hybridized carbons (Fsp3) is 0.267. The monoisotopic (exact) mass is 587 g/mol. The first kappa shape index (κ1) is 31.8. The van der Waals surface area contributed by atoms with Gasteiger partial charge in [0.1, 0.15) is 12.4 Å². The number of hydrogen-bond donors (Lipinski definition) is 3. The van der Waals surface area contributed by atoms with E-state index in [-0.39, 0.29) is 11.7 Å². The Balaban J connectivity index is 0.000000616. The van der Waals surface area contributed by atoms with E-state index in [1.54, 1.807) is 24.3 Å². The zero-order chi connectivity index (χ0) is 30.7. The Hall–Kier alpha value is -4.71. The van der Waals surface area contributed by atoms with Crippen molar-refractivity contribution in [2.24, 2.45) is 0 Å². The number of hydrogen-bond acceptors (Lipinski definition) is 7. The van der Waals surface area contributed by atoms with Crippen LogP contribution < -0.4 is 19.7 Å². The summed E-state index contributed by atoms with van der Waals surface area (Å²) in [6.45, 7) is 4.52. The quantitative estimate of drug-likeness (QED) is 0.315. The van der Waals surface area contributed by atoms with E-state index in [4.69, 9.17) is 19.4 Å². The van der Waals surface area contributed by atoms with E-state index in [2.05, 4.69) is 34.3 Å². The van der Waals surface area contributed by atoms with Crippen molar-refractivity contribution < 1.29 is 42.4 Å². The maximum Gasteiger partial charge on any atom is 0.490 e. The molecule has 3 aromatic rings. The number of carboxylic acids is 1. The molecule has 42 heavy (non-hydrogen) atoms.